The molecule has 0 aromatic carbocycles. The predicted octanol–water partition coefficient (Wildman–Crippen LogP) is 2.58. The second-order valence-electron chi connectivity index (χ2n) is 6.33. The average molecular weight is 312 g/mol. The van der Waals surface area contributed by atoms with E-state index in [0.717, 1.165) is 51.4 Å². The van der Waals surface area contributed by atoms with E-state index in [-0.39, 0.29) is 6.42 Å². The maximum atomic E-state index is 11.3. The van der Waals surface area contributed by atoms with Crippen LogP contribution in [-0.2, 0) is 9.59 Å². The van der Waals surface area contributed by atoms with Crippen molar-refractivity contribution in [1.82, 2.24) is 0 Å². The zero-order valence-corrected chi connectivity index (χ0v) is 14.3. The van der Waals surface area contributed by atoms with Crippen LogP contribution in [0.25, 0.3) is 0 Å². The number of carbonyl (C=O) groups is 2. The van der Waals surface area contributed by atoms with Crippen LogP contribution in [0.5, 0.6) is 0 Å². The molecule has 4 heteroatoms. The maximum absolute atomic E-state index is 11.3. The van der Waals surface area contributed by atoms with Crippen LogP contribution in [0, 0.1) is 5.41 Å². The van der Waals surface area contributed by atoms with Gasteiger partial charge in [-0.3, -0.25) is 0 Å². The molecule has 0 amide bonds. The third-order valence-corrected chi connectivity index (χ3v) is 4.82. The Balaban J connectivity index is 3.50. The molecule has 0 bridgehead atoms. The molecule has 4 nitrogen and oxygen atoms in total. The van der Waals surface area contributed by atoms with Crippen LogP contribution in [0.3, 0.4) is 0 Å². The van der Waals surface area contributed by atoms with Crippen LogP contribution in [0.2, 0.25) is 0 Å². The molecule has 0 radical (unpaired) electrons. The van der Waals surface area contributed by atoms with Crippen LogP contribution < -0.4 is 10.2 Å². The van der Waals surface area contributed by atoms with Crippen molar-refractivity contribution >= 4 is 11.9 Å². The lowest BCUT2D eigenvalue weighted by Gasteiger charge is -2.32. The van der Waals surface area contributed by atoms with Crippen molar-refractivity contribution in [1.29, 1.82) is 0 Å². The predicted molar refractivity (Wildman–Crippen MR) is 83.8 cm³/mol. The molecule has 0 atom stereocenters. The van der Waals surface area contributed by atoms with Gasteiger partial charge in [-0.1, -0.05) is 65.2 Å². The minimum absolute atomic E-state index is 0.176. The van der Waals surface area contributed by atoms with Gasteiger partial charge in [-0.2, -0.15) is 0 Å². The van der Waals surface area contributed by atoms with E-state index in [4.69, 9.17) is 0 Å². The Hall–Kier alpha value is -1.06. The largest absolute Gasteiger partial charge is 0.550 e. The van der Waals surface area contributed by atoms with Crippen LogP contribution in [0.4, 0.5) is 0 Å². The Morgan fingerprint density at radius 2 is 1.14 bits per heavy atom. The summed E-state index contributed by atoms with van der Waals surface area (Å²) >= 11 is 0. The highest BCUT2D eigenvalue weighted by Gasteiger charge is 2.26. The van der Waals surface area contributed by atoms with E-state index in [0.29, 0.717) is 12.8 Å². The highest BCUT2D eigenvalue weighted by atomic mass is 16.4. The fourth-order valence-corrected chi connectivity index (χ4v) is 2.96. The summed E-state index contributed by atoms with van der Waals surface area (Å²) < 4.78 is 0. The molecule has 0 N–H and O–H groups in total. The van der Waals surface area contributed by atoms with Crippen LogP contribution in [-0.4, -0.2) is 11.9 Å². The third kappa shape index (κ3) is 9.06. The van der Waals surface area contributed by atoms with Gasteiger partial charge in [0.15, 0.2) is 0 Å². The number of carboxylic acid groups (broad SMARTS) is 2. The lowest BCUT2D eigenvalue weighted by molar-refractivity contribution is -0.320. The lowest BCUT2D eigenvalue weighted by atomic mass is 9.78. The van der Waals surface area contributed by atoms with Crippen LogP contribution in [0.15, 0.2) is 0 Å². The summed E-state index contributed by atoms with van der Waals surface area (Å²) in [6, 6.07) is 0. The van der Waals surface area contributed by atoms with E-state index in [1.807, 2.05) is 13.8 Å². The summed E-state index contributed by atoms with van der Waals surface area (Å²) in [5.41, 5.74) is -0.626. The number of unbranched alkanes of at least 4 members (excludes halogenated alkanes) is 8. The Kier molecular flexibility index (Phi) is 11.9. The first-order valence-electron chi connectivity index (χ1n) is 8.89. The van der Waals surface area contributed by atoms with Crippen molar-refractivity contribution in [3.8, 4) is 0 Å². The molecule has 0 aromatic rings. The molecule has 0 aliphatic rings. The number of rotatable bonds is 15. The molecule has 0 saturated heterocycles. The van der Waals surface area contributed by atoms with Crippen molar-refractivity contribution in [2.75, 3.05) is 0 Å². The molecule has 0 saturated carbocycles. The first-order chi connectivity index (χ1) is 10.5. The fourth-order valence-electron chi connectivity index (χ4n) is 2.96. The molecule has 0 rings (SSSR count). The standard InChI is InChI=1S/C18H34O4/c1-3-18(4-2,17(21)22)15-13-11-9-7-5-6-8-10-12-14-16(19)20/h3-15H2,1-2H3,(H,19,20)(H,21,22)/p-2. The van der Waals surface area contributed by atoms with Gasteiger partial charge in [0.1, 0.15) is 0 Å². The summed E-state index contributed by atoms with van der Waals surface area (Å²) in [6.07, 6.45) is 11.7. The van der Waals surface area contributed by atoms with E-state index in [9.17, 15) is 19.8 Å². The van der Waals surface area contributed by atoms with Crippen molar-refractivity contribution in [2.45, 2.75) is 97.3 Å². The molecule has 0 fully saturated rings. The third-order valence-electron chi connectivity index (χ3n) is 4.82. The van der Waals surface area contributed by atoms with Crippen molar-refractivity contribution < 1.29 is 19.8 Å². The summed E-state index contributed by atoms with van der Waals surface area (Å²) in [6.45, 7) is 3.86. The molecule has 0 heterocycles. The summed E-state index contributed by atoms with van der Waals surface area (Å²) in [4.78, 5) is 21.5. The molecule has 0 aliphatic carbocycles. The van der Waals surface area contributed by atoms with Gasteiger partial charge in [0.2, 0.25) is 0 Å². The van der Waals surface area contributed by atoms with Crippen LogP contribution in [0.1, 0.15) is 97.3 Å². The summed E-state index contributed by atoms with van der Waals surface area (Å²) in [5.74, 6) is -1.85. The van der Waals surface area contributed by atoms with Gasteiger partial charge in [0.05, 0.1) is 0 Å². The van der Waals surface area contributed by atoms with E-state index in [2.05, 4.69) is 0 Å². The van der Waals surface area contributed by atoms with Gasteiger partial charge >= 0.3 is 0 Å². The first kappa shape index (κ1) is 20.9. The number of hydrogen-bond acceptors (Lipinski definition) is 4. The van der Waals surface area contributed by atoms with E-state index in [1.54, 1.807) is 0 Å². The minimum Gasteiger partial charge on any atom is -0.550 e. The number of carbonyl (C=O) groups excluding carboxylic acids is 2. The number of carboxylic acids is 2. The quantitative estimate of drug-likeness (QED) is 0.435. The monoisotopic (exact) mass is 312 g/mol. The Bertz CT molecular complexity index is 308. The fraction of sp³-hybridized carbons (Fsp3) is 0.889. The summed E-state index contributed by atoms with van der Waals surface area (Å²) in [5, 5.41) is 21.5. The zero-order chi connectivity index (χ0) is 16.8. The summed E-state index contributed by atoms with van der Waals surface area (Å²) in [7, 11) is 0. The zero-order valence-electron chi connectivity index (χ0n) is 14.3. The lowest BCUT2D eigenvalue weighted by Crippen LogP contribution is -2.41. The first-order valence-corrected chi connectivity index (χ1v) is 8.89. The molecule has 0 aliphatic heterocycles. The Morgan fingerprint density at radius 1 is 0.727 bits per heavy atom. The van der Waals surface area contributed by atoms with E-state index < -0.39 is 17.4 Å². The van der Waals surface area contributed by atoms with Gasteiger partial charge < -0.3 is 19.8 Å². The van der Waals surface area contributed by atoms with Gasteiger partial charge in [-0.25, -0.2) is 0 Å². The van der Waals surface area contributed by atoms with Crippen molar-refractivity contribution in [3.63, 3.8) is 0 Å². The number of aliphatic carboxylic acids is 2. The highest BCUT2D eigenvalue weighted by molar-refractivity contribution is 5.72. The molecule has 22 heavy (non-hydrogen) atoms. The highest BCUT2D eigenvalue weighted by Crippen LogP contribution is 2.32. The van der Waals surface area contributed by atoms with E-state index in [1.165, 1.54) is 12.8 Å². The van der Waals surface area contributed by atoms with Gasteiger partial charge in [0.25, 0.3) is 0 Å². The van der Waals surface area contributed by atoms with Gasteiger partial charge in [-0.05, 0) is 32.1 Å². The second-order valence-corrected chi connectivity index (χ2v) is 6.33. The molecule has 0 unspecified atom stereocenters. The maximum Gasteiger partial charge on any atom is 0.0476 e. The molecular formula is C18H32O4-2. The second kappa shape index (κ2) is 12.5. The van der Waals surface area contributed by atoms with Crippen LogP contribution >= 0.6 is 0 Å². The van der Waals surface area contributed by atoms with Gasteiger partial charge in [0, 0.05) is 17.4 Å². The number of hydrogen-bond donors (Lipinski definition) is 0. The average Bonchev–Trinajstić information content (AvgIpc) is 2.48. The Morgan fingerprint density at radius 3 is 1.50 bits per heavy atom. The molecule has 0 aromatic heterocycles. The minimum atomic E-state index is -0.952. The van der Waals surface area contributed by atoms with Crippen molar-refractivity contribution in [2.24, 2.45) is 5.41 Å². The normalized spacial score (nSPS) is 11.5. The van der Waals surface area contributed by atoms with Gasteiger partial charge in [-0.15, -0.1) is 0 Å². The smallest absolute Gasteiger partial charge is 0.0476 e. The molecule has 130 valence electrons. The molecular weight excluding hydrogens is 280 g/mol. The SMILES string of the molecule is CCC(CC)(CCCCCCCCCCCC(=O)[O-])C(=O)[O-]. The Labute approximate surface area is 135 Å². The molecule has 0 spiro atoms. The van der Waals surface area contributed by atoms with Crippen molar-refractivity contribution in [3.05, 3.63) is 0 Å². The van der Waals surface area contributed by atoms with E-state index >= 15 is 0 Å². The topological polar surface area (TPSA) is 80.3 Å².